The molecule has 0 saturated carbocycles. The Bertz CT molecular complexity index is 516. The van der Waals surface area contributed by atoms with E-state index in [2.05, 4.69) is 16.9 Å². The number of hydrogen-bond donors (Lipinski definition) is 1. The molecule has 0 aliphatic carbocycles. The Balaban J connectivity index is 2.29. The van der Waals surface area contributed by atoms with Crippen LogP contribution in [0.2, 0.25) is 0 Å². The highest BCUT2D eigenvalue weighted by Crippen LogP contribution is 2.10. The van der Waals surface area contributed by atoms with Crippen LogP contribution in [0, 0.1) is 0 Å². The Morgan fingerprint density at radius 3 is 2.88 bits per heavy atom. The molecule has 0 unspecified atom stereocenters. The van der Waals surface area contributed by atoms with Crippen molar-refractivity contribution in [3.63, 3.8) is 0 Å². The van der Waals surface area contributed by atoms with Crippen LogP contribution in [0.1, 0.15) is 10.5 Å². The molecule has 0 spiro atoms. The van der Waals surface area contributed by atoms with Crippen LogP contribution in [-0.4, -0.2) is 22.0 Å². The van der Waals surface area contributed by atoms with Crippen molar-refractivity contribution in [1.82, 2.24) is 14.9 Å². The van der Waals surface area contributed by atoms with Crippen molar-refractivity contribution in [1.29, 1.82) is 0 Å². The van der Waals surface area contributed by atoms with E-state index in [1.165, 1.54) is 0 Å². The summed E-state index contributed by atoms with van der Waals surface area (Å²) in [5.74, 6) is -0.161. The van der Waals surface area contributed by atoms with Crippen molar-refractivity contribution in [3.8, 4) is 5.69 Å². The summed E-state index contributed by atoms with van der Waals surface area (Å²) in [4.78, 5) is 15.8. The van der Waals surface area contributed by atoms with E-state index in [9.17, 15) is 4.79 Å². The molecule has 1 aromatic carbocycles. The maximum Gasteiger partial charge on any atom is 0.270 e. The maximum absolute atomic E-state index is 11.8. The molecule has 4 heteroatoms. The van der Waals surface area contributed by atoms with Gasteiger partial charge in [-0.05, 0) is 12.1 Å². The number of carbonyl (C=O) groups is 1. The average Bonchev–Trinajstić information content (AvgIpc) is 2.86. The molecule has 1 aromatic heterocycles. The first kappa shape index (κ1) is 11.1. The number of rotatable bonds is 4. The molecule has 1 N–H and O–H groups in total. The molecule has 2 aromatic rings. The summed E-state index contributed by atoms with van der Waals surface area (Å²) < 4.78 is 1.75. The minimum Gasteiger partial charge on any atom is -0.347 e. The minimum atomic E-state index is -0.161. The SMILES string of the molecule is C=CCNC(=O)c1cncn1-c1ccccc1. The van der Waals surface area contributed by atoms with E-state index in [1.54, 1.807) is 23.2 Å². The maximum atomic E-state index is 11.8. The number of carbonyl (C=O) groups excluding carboxylic acids is 1. The van der Waals surface area contributed by atoms with E-state index < -0.39 is 0 Å². The van der Waals surface area contributed by atoms with Gasteiger partial charge in [0, 0.05) is 12.2 Å². The van der Waals surface area contributed by atoms with E-state index in [0.29, 0.717) is 12.2 Å². The number of para-hydroxylation sites is 1. The number of aromatic nitrogens is 2. The Morgan fingerprint density at radius 2 is 2.18 bits per heavy atom. The summed E-state index contributed by atoms with van der Waals surface area (Å²) in [6.07, 6.45) is 4.81. The van der Waals surface area contributed by atoms with Gasteiger partial charge in [0.25, 0.3) is 5.91 Å². The van der Waals surface area contributed by atoms with Gasteiger partial charge in [-0.2, -0.15) is 0 Å². The highest BCUT2D eigenvalue weighted by Gasteiger charge is 2.11. The van der Waals surface area contributed by atoms with Crippen molar-refractivity contribution >= 4 is 5.91 Å². The summed E-state index contributed by atoms with van der Waals surface area (Å²) in [6, 6.07) is 9.61. The fraction of sp³-hybridized carbons (Fsp3) is 0.0769. The van der Waals surface area contributed by atoms with Crippen molar-refractivity contribution < 1.29 is 4.79 Å². The summed E-state index contributed by atoms with van der Waals surface area (Å²) in [5, 5.41) is 2.73. The number of nitrogens with one attached hydrogen (secondary N) is 1. The Hall–Kier alpha value is -2.36. The largest absolute Gasteiger partial charge is 0.347 e. The van der Waals surface area contributed by atoms with Crippen LogP contribution in [0.5, 0.6) is 0 Å². The molecule has 0 radical (unpaired) electrons. The highest BCUT2D eigenvalue weighted by atomic mass is 16.1. The van der Waals surface area contributed by atoms with Crippen LogP contribution in [-0.2, 0) is 0 Å². The summed E-state index contributed by atoms with van der Waals surface area (Å²) in [7, 11) is 0. The van der Waals surface area contributed by atoms with Crippen LogP contribution in [0.4, 0.5) is 0 Å². The van der Waals surface area contributed by atoms with Crippen molar-refractivity contribution in [2.75, 3.05) is 6.54 Å². The summed E-state index contributed by atoms with van der Waals surface area (Å²) in [5.41, 5.74) is 1.42. The Labute approximate surface area is 99.6 Å². The third-order valence-electron chi connectivity index (χ3n) is 2.31. The Kier molecular flexibility index (Phi) is 3.35. The van der Waals surface area contributed by atoms with E-state index in [0.717, 1.165) is 5.69 Å². The lowest BCUT2D eigenvalue weighted by Crippen LogP contribution is -2.25. The lowest BCUT2D eigenvalue weighted by Gasteiger charge is -2.07. The number of nitrogens with zero attached hydrogens (tertiary/aromatic N) is 2. The molecule has 0 aliphatic heterocycles. The molecular formula is C13H13N3O. The molecule has 0 aliphatic rings. The monoisotopic (exact) mass is 227 g/mol. The highest BCUT2D eigenvalue weighted by molar-refractivity contribution is 5.93. The van der Waals surface area contributed by atoms with Crippen LogP contribution >= 0.6 is 0 Å². The molecule has 1 heterocycles. The van der Waals surface area contributed by atoms with Gasteiger partial charge < -0.3 is 5.32 Å². The zero-order chi connectivity index (χ0) is 12.1. The van der Waals surface area contributed by atoms with Crippen LogP contribution < -0.4 is 5.32 Å². The molecule has 0 atom stereocenters. The first-order valence-electron chi connectivity index (χ1n) is 5.30. The van der Waals surface area contributed by atoms with Crippen LogP contribution in [0.15, 0.2) is 55.5 Å². The lowest BCUT2D eigenvalue weighted by molar-refractivity contribution is 0.0951. The first-order valence-corrected chi connectivity index (χ1v) is 5.30. The predicted octanol–water partition coefficient (Wildman–Crippen LogP) is 1.79. The van der Waals surface area contributed by atoms with E-state index in [1.807, 2.05) is 30.3 Å². The second kappa shape index (κ2) is 5.12. The molecule has 0 saturated heterocycles. The standard InChI is InChI=1S/C13H13N3O/c1-2-8-15-13(17)12-9-14-10-16(12)11-6-4-3-5-7-11/h2-7,9-10H,1,8H2,(H,15,17). The lowest BCUT2D eigenvalue weighted by atomic mass is 10.3. The summed E-state index contributed by atoms with van der Waals surface area (Å²) in [6.45, 7) is 4.00. The average molecular weight is 227 g/mol. The smallest absolute Gasteiger partial charge is 0.270 e. The minimum absolute atomic E-state index is 0.161. The zero-order valence-corrected chi connectivity index (χ0v) is 9.34. The molecule has 4 nitrogen and oxygen atoms in total. The van der Waals surface area contributed by atoms with Gasteiger partial charge in [0.2, 0.25) is 0 Å². The van der Waals surface area contributed by atoms with Crippen molar-refractivity contribution in [2.24, 2.45) is 0 Å². The predicted molar refractivity (Wildman–Crippen MR) is 66.1 cm³/mol. The van der Waals surface area contributed by atoms with Gasteiger partial charge in [-0.25, -0.2) is 4.98 Å². The van der Waals surface area contributed by atoms with E-state index in [4.69, 9.17) is 0 Å². The summed E-state index contributed by atoms with van der Waals surface area (Å²) >= 11 is 0. The fourth-order valence-electron chi connectivity index (χ4n) is 1.51. The van der Waals surface area contributed by atoms with Gasteiger partial charge in [-0.1, -0.05) is 24.3 Å². The Morgan fingerprint density at radius 1 is 1.41 bits per heavy atom. The number of benzene rings is 1. The van der Waals surface area contributed by atoms with Crippen molar-refractivity contribution in [3.05, 3.63) is 61.2 Å². The quantitative estimate of drug-likeness (QED) is 0.809. The third kappa shape index (κ3) is 2.42. The zero-order valence-electron chi connectivity index (χ0n) is 9.34. The van der Waals surface area contributed by atoms with Gasteiger partial charge in [0.15, 0.2) is 0 Å². The van der Waals surface area contributed by atoms with Crippen LogP contribution in [0.25, 0.3) is 5.69 Å². The second-order valence-corrected chi connectivity index (χ2v) is 3.48. The number of amides is 1. The molecule has 0 fully saturated rings. The van der Waals surface area contributed by atoms with Gasteiger partial charge in [0.05, 0.1) is 12.5 Å². The molecule has 17 heavy (non-hydrogen) atoms. The fourth-order valence-corrected chi connectivity index (χ4v) is 1.51. The van der Waals surface area contributed by atoms with Gasteiger partial charge >= 0.3 is 0 Å². The van der Waals surface area contributed by atoms with Gasteiger partial charge in [-0.15, -0.1) is 6.58 Å². The molecule has 2 rings (SSSR count). The molecular weight excluding hydrogens is 214 g/mol. The van der Waals surface area contributed by atoms with Crippen molar-refractivity contribution in [2.45, 2.75) is 0 Å². The first-order chi connectivity index (χ1) is 8.33. The van der Waals surface area contributed by atoms with Crippen LogP contribution in [0.3, 0.4) is 0 Å². The molecule has 0 bridgehead atoms. The van der Waals surface area contributed by atoms with Gasteiger partial charge in [0.1, 0.15) is 5.69 Å². The number of imidazole rings is 1. The van der Waals surface area contributed by atoms with Gasteiger partial charge in [-0.3, -0.25) is 9.36 Å². The second-order valence-electron chi connectivity index (χ2n) is 3.48. The molecule has 1 amide bonds. The number of hydrogen-bond acceptors (Lipinski definition) is 2. The van der Waals surface area contributed by atoms with E-state index in [-0.39, 0.29) is 5.91 Å². The van der Waals surface area contributed by atoms with E-state index >= 15 is 0 Å². The molecule has 86 valence electrons. The normalized spacial score (nSPS) is 9.88. The topological polar surface area (TPSA) is 46.9 Å². The third-order valence-corrected chi connectivity index (χ3v) is 2.31.